The van der Waals surface area contributed by atoms with E-state index in [1.54, 1.807) is 0 Å². The van der Waals surface area contributed by atoms with E-state index in [0.29, 0.717) is 17.5 Å². The average molecular weight is 312 g/mol. The van der Waals surface area contributed by atoms with Crippen molar-refractivity contribution in [3.05, 3.63) is 46.9 Å². The minimum Gasteiger partial charge on any atom is -0.302 e. The number of aryl methyl sites for hydroxylation is 2. The Labute approximate surface area is 135 Å². The number of allylic oxidation sites excluding steroid dienone is 2. The van der Waals surface area contributed by atoms with Gasteiger partial charge in [-0.25, -0.2) is 4.98 Å². The minimum absolute atomic E-state index is 0.0541. The van der Waals surface area contributed by atoms with Gasteiger partial charge < -0.3 is 5.32 Å². The number of anilines is 1. The zero-order valence-electron chi connectivity index (χ0n) is 12.9. The SMILES string of the molecule is Cc1ccc(C)c(-c2csc(NC(=O)C[C@H]3C=CCC3)n2)c1. The molecule has 2 aromatic rings. The van der Waals surface area contributed by atoms with Gasteiger partial charge in [0.25, 0.3) is 0 Å². The number of amides is 1. The summed E-state index contributed by atoms with van der Waals surface area (Å²) < 4.78 is 0. The number of rotatable bonds is 4. The highest BCUT2D eigenvalue weighted by atomic mass is 32.1. The molecule has 1 amide bonds. The van der Waals surface area contributed by atoms with Gasteiger partial charge in [-0.05, 0) is 44.2 Å². The van der Waals surface area contributed by atoms with Crippen LogP contribution in [-0.2, 0) is 4.79 Å². The third kappa shape index (κ3) is 3.45. The van der Waals surface area contributed by atoms with E-state index in [-0.39, 0.29) is 5.91 Å². The zero-order chi connectivity index (χ0) is 15.5. The third-order valence-corrected chi connectivity index (χ3v) is 4.74. The Morgan fingerprint density at radius 3 is 3.05 bits per heavy atom. The van der Waals surface area contributed by atoms with Crippen LogP contribution < -0.4 is 5.32 Å². The van der Waals surface area contributed by atoms with Gasteiger partial charge in [-0.15, -0.1) is 11.3 Å². The molecule has 0 fully saturated rings. The topological polar surface area (TPSA) is 42.0 Å². The maximum Gasteiger partial charge on any atom is 0.226 e. The Balaban J connectivity index is 1.69. The van der Waals surface area contributed by atoms with E-state index in [0.717, 1.165) is 24.1 Å². The third-order valence-electron chi connectivity index (χ3n) is 3.98. The summed E-state index contributed by atoms with van der Waals surface area (Å²) in [5, 5.41) is 5.62. The first kappa shape index (κ1) is 15.0. The predicted molar refractivity (Wildman–Crippen MR) is 92.1 cm³/mol. The number of carbonyl (C=O) groups is 1. The maximum atomic E-state index is 12.1. The van der Waals surface area contributed by atoms with Crippen LogP contribution >= 0.6 is 11.3 Å². The van der Waals surface area contributed by atoms with Gasteiger partial charge in [-0.1, -0.05) is 29.8 Å². The molecule has 1 aliphatic rings. The van der Waals surface area contributed by atoms with Crippen molar-refractivity contribution in [2.75, 3.05) is 5.32 Å². The lowest BCUT2D eigenvalue weighted by Crippen LogP contribution is -2.14. The summed E-state index contributed by atoms with van der Waals surface area (Å²) in [7, 11) is 0. The Bertz CT molecular complexity index is 718. The monoisotopic (exact) mass is 312 g/mol. The van der Waals surface area contributed by atoms with Gasteiger partial charge in [0.1, 0.15) is 0 Å². The number of aromatic nitrogens is 1. The molecule has 1 aromatic carbocycles. The van der Waals surface area contributed by atoms with Crippen molar-refractivity contribution in [3.8, 4) is 11.3 Å². The highest BCUT2D eigenvalue weighted by Crippen LogP contribution is 2.28. The zero-order valence-corrected chi connectivity index (χ0v) is 13.7. The molecule has 1 atom stereocenters. The number of benzene rings is 1. The van der Waals surface area contributed by atoms with Gasteiger partial charge in [0.15, 0.2) is 5.13 Å². The van der Waals surface area contributed by atoms with Crippen molar-refractivity contribution in [2.45, 2.75) is 33.1 Å². The summed E-state index contributed by atoms with van der Waals surface area (Å²) in [5.74, 6) is 0.442. The average Bonchev–Trinajstić information content (AvgIpc) is 3.13. The first-order valence-electron chi connectivity index (χ1n) is 7.61. The highest BCUT2D eigenvalue weighted by molar-refractivity contribution is 7.14. The van der Waals surface area contributed by atoms with Crippen LogP contribution in [-0.4, -0.2) is 10.9 Å². The Morgan fingerprint density at radius 1 is 1.41 bits per heavy atom. The number of nitrogens with zero attached hydrogens (tertiary/aromatic N) is 1. The van der Waals surface area contributed by atoms with Crippen LogP contribution in [0.5, 0.6) is 0 Å². The van der Waals surface area contributed by atoms with E-state index in [9.17, 15) is 4.79 Å². The second-order valence-corrected chi connectivity index (χ2v) is 6.73. The van der Waals surface area contributed by atoms with E-state index in [1.807, 2.05) is 5.38 Å². The molecule has 0 spiro atoms. The van der Waals surface area contributed by atoms with Crippen LogP contribution in [0.2, 0.25) is 0 Å². The lowest BCUT2D eigenvalue weighted by Gasteiger charge is -2.06. The Kier molecular flexibility index (Phi) is 4.39. The molecule has 1 aliphatic carbocycles. The molecule has 1 heterocycles. The van der Waals surface area contributed by atoms with Crippen LogP contribution in [0.25, 0.3) is 11.3 Å². The lowest BCUT2D eigenvalue weighted by atomic mass is 10.0. The van der Waals surface area contributed by atoms with Crippen LogP contribution in [0.4, 0.5) is 5.13 Å². The summed E-state index contributed by atoms with van der Waals surface area (Å²) in [6, 6.07) is 6.34. The molecule has 1 aromatic heterocycles. The van der Waals surface area contributed by atoms with Crippen LogP contribution in [0, 0.1) is 19.8 Å². The van der Waals surface area contributed by atoms with Gasteiger partial charge in [0.2, 0.25) is 5.91 Å². The molecule has 0 saturated carbocycles. The fourth-order valence-electron chi connectivity index (χ4n) is 2.74. The summed E-state index contributed by atoms with van der Waals surface area (Å²) in [6.07, 6.45) is 7.02. The normalized spacial score (nSPS) is 16.9. The molecular formula is C18H20N2OS. The molecule has 0 unspecified atom stereocenters. The molecule has 3 rings (SSSR count). The van der Waals surface area contributed by atoms with Crippen molar-refractivity contribution in [1.29, 1.82) is 0 Å². The fraction of sp³-hybridized carbons (Fsp3) is 0.333. The van der Waals surface area contributed by atoms with Gasteiger partial charge >= 0.3 is 0 Å². The maximum absolute atomic E-state index is 12.1. The first-order chi connectivity index (χ1) is 10.6. The number of thiazole rings is 1. The molecule has 3 nitrogen and oxygen atoms in total. The number of hydrogen-bond donors (Lipinski definition) is 1. The summed E-state index contributed by atoms with van der Waals surface area (Å²) in [4.78, 5) is 16.6. The summed E-state index contributed by atoms with van der Waals surface area (Å²) >= 11 is 1.48. The molecule has 1 N–H and O–H groups in total. The number of hydrogen-bond acceptors (Lipinski definition) is 3. The van der Waals surface area contributed by atoms with Gasteiger partial charge in [0.05, 0.1) is 5.69 Å². The molecule has 0 bridgehead atoms. The highest BCUT2D eigenvalue weighted by Gasteiger charge is 2.15. The fourth-order valence-corrected chi connectivity index (χ4v) is 3.47. The van der Waals surface area contributed by atoms with E-state index in [1.165, 1.54) is 22.5 Å². The van der Waals surface area contributed by atoms with E-state index in [2.05, 4.69) is 54.5 Å². The van der Waals surface area contributed by atoms with Crippen molar-refractivity contribution in [3.63, 3.8) is 0 Å². The smallest absolute Gasteiger partial charge is 0.226 e. The van der Waals surface area contributed by atoms with Crippen molar-refractivity contribution in [1.82, 2.24) is 4.98 Å². The first-order valence-corrected chi connectivity index (χ1v) is 8.49. The second kappa shape index (κ2) is 6.44. The second-order valence-electron chi connectivity index (χ2n) is 5.87. The van der Waals surface area contributed by atoms with Crippen molar-refractivity contribution >= 4 is 22.4 Å². The Hall–Kier alpha value is -1.94. The Morgan fingerprint density at radius 2 is 2.27 bits per heavy atom. The van der Waals surface area contributed by atoms with E-state index in [4.69, 9.17) is 0 Å². The lowest BCUT2D eigenvalue weighted by molar-refractivity contribution is -0.116. The quantitative estimate of drug-likeness (QED) is 0.830. The summed E-state index contributed by atoms with van der Waals surface area (Å²) in [6.45, 7) is 4.16. The minimum atomic E-state index is 0.0541. The van der Waals surface area contributed by atoms with Crippen LogP contribution in [0.1, 0.15) is 30.4 Å². The summed E-state index contributed by atoms with van der Waals surface area (Å²) in [5.41, 5.74) is 4.48. The number of carbonyl (C=O) groups excluding carboxylic acids is 1. The molecule has 0 radical (unpaired) electrons. The van der Waals surface area contributed by atoms with Crippen molar-refractivity contribution < 1.29 is 4.79 Å². The molecule has 0 saturated heterocycles. The van der Waals surface area contributed by atoms with E-state index < -0.39 is 0 Å². The largest absolute Gasteiger partial charge is 0.302 e. The van der Waals surface area contributed by atoms with Crippen molar-refractivity contribution in [2.24, 2.45) is 5.92 Å². The van der Waals surface area contributed by atoms with Gasteiger partial charge in [0, 0.05) is 17.4 Å². The van der Waals surface area contributed by atoms with E-state index >= 15 is 0 Å². The molecular weight excluding hydrogens is 292 g/mol. The predicted octanol–water partition coefficient (Wildman–Crippen LogP) is 4.72. The van der Waals surface area contributed by atoms with Gasteiger partial charge in [-0.2, -0.15) is 0 Å². The number of nitrogens with one attached hydrogen (secondary N) is 1. The molecule has 22 heavy (non-hydrogen) atoms. The standard InChI is InChI=1S/C18H20N2OS/c1-12-7-8-13(2)15(9-12)16-11-22-18(19-16)20-17(21)10-14-5-3-4-6-14/h3,5,7-9,11,14H,4,6,10H2,1-2H3,(H,19,20,21)/t14-/m0/s1. The van der Waals surface area contributed by atoms with Gasteiger partial charge in [-0.3, -0.25) is 4.79 Å². The van der Waals surface area contributed by atoms with Crippen LogP contribution in [0.15, 0.2) is 35.7 Å². The molecule has 0 aliphatic heterocycles. The molecule has 4 heteroatoms. The van der Waals surface area contributed by atoms with Crippen LogP contribution in [0.3, 0.4) is 0 Å². The molecule has 114 valence electrons.